The SMILES string of the molecule is CC(c1ccccc1C[O])N1CCOCC1. The van der Waals surface area contributed by atoms with Gasteiger partial charge in [0.15, 0.2) is 0 Å². The van der Waals surface area contributed by atoms with Crippen molar-refractivity contribution in [2.75, 3.05) is 26.3 Å². The molecule has 1 atom stereocenters. The van der Waals surface area contributed by atoms with Gasteiger partial charge in [0.2, 0.25) is 0 Å². The molecule has 3 heteroatoms. The lowest BCUT2D eigenvalue weighted by Gasteiger charge is -2.33. The predicted molar refractivity (Wildman–Crippen MR) is 61.6 cm³/mol. The first-order valence-electron chi connectivity index (χ1n) is 5.80. The van der Waals surface area contributed by atoms with Gasteiger partial charge >= 0.3 is 0 Å². The van der Waals surface area contributed by atoms with Gasteiger partial charge in [0.1, 0.15) is 6.61 Å². The van der Waals surface area contributed by atoms with E-state index >= 15 is 0 Å². The summed E-state index contributed by atoms with van der Waals surface area (Å²) in [5.74, 6) is 0. The molecule has 0 spiro atoms. The largest absolute Gasteiger partial charge is 0.379 e. The van der Waals surface area contributed by atoms with E-state index in [0.717, 1.165) is 31.9 Å². The van der Waals surface area contributed by atoms with Gasteiger partial charge < -0.3 is 4.74 Å². The summed E-state index contributed by atoms with van der Waals surface area (Å²) in [6.07, 6.45) is 0. The van der Waals surface area contributed by atoms with Gasteiger partial charge in [-0.3, -0.25) is 4.90 Å². The second-order valence-corrected chi connectivity index (χ2v) is 4.17. The van der Waals surface area contributed by atoms with Crippen LogP contribution >= 0.6 is 0 Å². The van der Waals surface area contributed by atoms with Crippen molar-refractivity contribution in [2.24, 2.45) is 0 Å². The molecule has 1 radical (unpaired) electrons. The van der Waals surface area contributed by atoms with E-state index in [1.54, 1.807) is 0 Å². The summed E-state index contributed by atoms with van der Waals surface area (Å²) in [5, 5.41) is 11.1. The minimum absolute atomic E-state index is 0.134. The Labute approximate surface area is 96.6 Å². The molecule has 0 saturated carbocycles. The zero-order valence-electron chi connectivity index (χ0n) is 9.69. The maximum Gasteiger partial charge on any atom is 0.108 e. The van der Waals surface area contributed by atoms with Crippen molar-refractivity contribution in [3.63, 3.8) is 0 Å². The fourth-order valence-electron chi connectivity index (χ4n) is 2.23. The van der Waals surface area contributed by atoms with E-state index in [9.17, 15) is 5.11 Å². The monoisotopic (exact) mass is 220 g/mol. The maximum atomic E-state index is 11.1. The van der Waals surface area contributed by atoms with Gasteiger partial charge in [-0.25, -0.2) is 5.11 Å². The summed E-state index contributed by atoms with van der Waals surface area (Å²) in [5.41, 5.74) is 2.08. The number of hydrogen-bond acceptors (Lipinski definition) is 2. The summed E-state index contributed by atoms with van der Waals surface area (Å²) in [6, 6.07) is 8.25. The van der Waals surface area contributed by atoms with Crippen molar-refractivity contribution in [1.82, 2.24) is 4.90 Å². The quantitative estimate of drug-likeness (QED) is 0.780. The van der Waals surface area contributed by atoms with Crippen LogP contribution in [0.15, 0.2) is 24.3 Å². The highest BCUT2D eigenvalue weighted by Gasteiger charge is 2.20. The zero-order chi connectivity index (χ0) is 11.4. The van der Waals surface area contributed by atoms with Crippen LogP contribution in [0, 0.1) is 0 Å². The highest BCUT2D eigenvalue weighted by Crippen LogP contribution is 2.24. The summed E-state index contributed by atoms with van der Waals surface area (Å²) < 4.78 is 5.34. The normalized spacial score (nSPS) is 19.6. The Hall–Kier alpha value is -0.900. The number of rotatable bonds is 3. The average molecular weight is 220 g/mol. The first-order chi connectivity index (χ1) is 7.83. The second-order valence-electron chi connectivity index (χ2n) is 4.17. The molecule has 1 unspecified atom stereocenters. The van der Waals surface area contributed by atoms with E-state index in [2.05, 4.69) is 17.9 Å². The number of hydrogen-bond donors (Lipinski definition) is 0. The van der Waals surface area contributed by atoms with Crippen LogP contribution in [0.5, 0.6) is 0 Å². The summed E-state index contributed by atoms with van der Waals surface area (Å²) in [6.45, 7) is 5.53. The van der Waals surface area contributed by atoms with Crippen LogP contribution in [-0.2, 0) is 16.5 Å². The van der Waals surface area contributed by atoms with E-state index in [-0.39, 0.29) is 6.61 Å². The molecule has 1 aromatic carbocycles. The Balaban J connectivity index is 2.15. The fourth-order valence-corrected chi connectivity index (χ4v) is 2.23. The van der Waals surface area contributed by atoms with E-state index in [0.29, 0.717) is 6.04 Å². The van der Waals surface area contributed by atoms with Crippen LogP contribution in [0.1, 0.15) is 24.1 Å². The molecule has 1 aromatic rings. The second kappa shape index (κ2) is 5.43. The molecule has 1 aliphatic rings. The van der Waals surface area contributed by atoms with E-state index < -0.39 is 0 Å². The van der Waals surface area contributed by atoms with Crippen LogP contribution in [0.25, 0.3) is 0 Å². The lowest BCUT2D eigenvalue weighted by atomic mass is 10.0. The molecular weight excluding hydrogens is 202 g/mol. The summed E-state index contributed by atoms with van der Waals surface area (Å²) in [4.78, 5) is 2.37. The first kappa shape index (κ1) is 11.6. The topological polar surface area (TPSA) is 32.4 Å². The minimum atomic E-state index is -0.134. The number of morpholine rings is 1. The average Bonchev–Trinajstić information content (AvgIpc) is 2.39. The molecule has 1 aliphatic heterocycles. The van der Waals surface area contributed by atoms with E-state index in [1.807, 2.05) is 18.2 Å². The molecule has 3 nitrogen and oxygen atoms in total. The molecule has 0 N–H and O–H groups in total. The Morgan fingerprint density at radius 2 is 2.00 bits per heavy atom. The molecule has 1 saturated heterocycles. The molecule has 2 rings (SSSR count). The van der Waals surface area contributed by atoms with Gasteiger partial charge in [-0.2, -0.15) is 0 Å². The molecule has 87 valence electrons. The molecule has 0 aliphatic carbocycles. The van der Waals surface area contributed by atoms with E-state index in [4.69, 9.17) is 4.74 Å². The van der Waals surface area contributed by atoms with Gasteiger partial charge in [-0.15, -0.1) is 0 Å². The first-order valence-corrected chi connectivity index (χ1v) is 5.80. The van der Waals surface area contributed by atoms with Crippen LogP contribution in [0.2, 0.25) is 0 Å². The standard InChI is InChI=1S/C13H18NO2/c1-11(14-6-8-16-9-7-14)13-5-3-2-4-12(13)10-15/h2-5,11H,6-10H2,1H3. The Kier molecular flexibility index (Phi) is 3.93. The minimum Gasteiger partial charge on any atom is -0.379 e. The predicted octanol–water partition coefficient (Wildman–Crippen LogP) is 2.01. The highest BCUT2D eigenvalue weighted by atomic mass is 16.5. The molecule has 16 heavy (non-hydrogen) atoms. The van der Waals surface area contributed by atoms with Gasteiger partial charge in [0.05, 0.1) is 13.2 Å². The third-order valence-electron chi connectivity index (χ3n) is 3.25. The van der Waals surface area contributed by atoms with Crippen molar-refractivity contribution < 1.29 is 9.84 Å². The Morgan fingerprint density at radius 1 is 1.31 bits per heavy atom. The zero-order valence-corrected chi connectivity index (χ0v) is 9.69. The third-order valence-corrected chi connectivity index (χ3v) is 3.25. The molecule has 1 fully saturated rings. The van der Waals surface area contributed by atoms with Gasteiger partial charge in [0.25, 0.3) is 0 Å². The smallest absolute Gasteiger partial charge is 0.108 e. The van der Waals surface area contributed by atoms with Crippen molar-refractivity contribution in [3.05, 3.63) is 35.4 Å². The van der Waals surface area contributed by atoms with Gasteiger partial charge in [-0.1, -0.05) is 24.3 Å². The Bertz CT molecular complexity index is 334. The van der Waals surface area contributed by atoms with Crippen molar-refractivity contribution >= 4 is 0 Å². The lowest BCUT2D eigenvalue weighted by Crippen LogP contribution is -2.38. The molecule has 1 heterocycles. The fraction of sp³-hybridized carbons (Fsp3) is 0.538. The molecular formula is C13H18NO2. The Morgan fingerprint density at radius 3 is 2.69 bits per heavy atom. The van der Waals surface area contributed by atoms with Crippen molar-refractivity contribution in [2.45, 2.75) is 19.6 Å². The summed E-state index contributed by atoms with van der Waals surface area (Å²) in [7, 11) is 0. The highest BCUT2D eigenvalue weighted by molar-refractivity contribution is 5.29. The summed E-state index contributed by atoms with van der Waals surface area (Å²) >= 11 is 0. The van der Waals surface area contributed by atoms with Crippen molar-refractivity contribution in [3.8, 4) is 0 Å². The lowest BCUT2D eigenvalue weighted by molar-refractivity contribution is 0.0193. The number of benzene rings is 1. The molecule has 0 bridgehead atoms. The van der Waals surface area contributed by atoms with Crippen molar-refractivity contribution in [1.29, 1.82) is 0 Å². The van der Waals surface area contributed by atoms with Crippen LogP contribution < -0.4 is 0 Å². The third kappa shape index (κ3) is 2.43. The maximum absolute atomic E-state index is 11.1. The van der Waals surface area contributed by atoms with E-state index in [1.165, 1.54) is 5.56 Å². The molecule has 0 aromatic heterocycles. The van der Waals surface area contributed by atoms with Crippen LogP contribution in [-0.4, -0.2) is 31.2 Å². The van der Waals surface area contributed by atoms with Crippen LogP contribution in [0.4, 0.5) is 0 Å². The van der Waals surface area contributed by atoms with Gasteiger partial charge in [0, 0.05) is 19.1 Å². The van der Waals surface area contributed by atoms with Gasteiger partial charge in [-0.05, 0) is 18.1 Å². The van der Waals surface area contributed by atoms with Crippen LogP contribution in [0.3, 0.4) is 0 Å². The number of nitrogens with zero attached hydrogens (tertiary/aromatic N) is 1. The number of ether oxygens (including phenoxy) is 1. The molecule has 0 amide bonds.